The van der Waals surface area contributed by atoms with Crippen LogP contribution in [0.5, 0.6) is 0 Å². The van der Waals surface area contributed by atoms with Crippen molar-refractivity contribution in [2.24, 2.45) is 16.7 Å². The lowest BCUT2D eigenvalue weighted by atomic mass is 9.72. The summed E-state index contributed by atoms with van der Waals surface area (Å²) in [5.74, 6) is -0.756. The average Bonchev–Trinajstić information content (AvgIpc) is 2.91. The molecule has 1 heterocycles. The van der Waals surface area contributed by atoms with E-state index in [0.29, 0.717) is 12.8 Å². The van der Waals surface area contributed by atoms with Gasteiger partial charge in [0.15, 0.2) is 0 Å². The zero-order valence-corrected chi connectivity index (χ0v) is 13.7. The van der Waals surface area contributed by atoms with E-state index in [-0.39, 0.29) is 36.6 Å². The van der Waals surface area contributed by atoms with E-state index in [2.05, 4.69) is 4.72 Å². The fourth-order valence-electron chi connectivity index (χ4n) is 4.78. The standard InChI is InChI=1S/C14H21NO6S/c1-8-12-14(7-21-10(3)17)5-13(8,6-20-9(2)16)4-11(14)22(18,19)15-12/h8,11-12,15H,4-7H2,1-3H3. The highest BCUT2D eigenvalue weighted by molar-refractivity contribution is 7.90. The van der Waals surface area contributed by atoms with Crippen LogP contribution in [0.4, 0.5) is 0 Å². The van der Waals surface area contributed by atoms with Gasteiger partial charge in [-0.25, -0.2) is 13.1 Å². The highest BCUT2D eigenvalue weighted by atomic mass is 32.2. The molecule has 2 saturated carbocycles. The minimum atomic E-state index is -3.43. The molecule has 5 unspecified atom stereocenters. The lowest BCUT2D eigenvalue weighted by molar-refractivity contribution is -0.146. The topological polar surface area (TPSA) is 98.8 Å². The molecule has 3 aliphatic rings. The van der Waals surface area contributed by atoms with Gasteiger partial charge < -0.3 is 9.47 Å². The van der Waals surface area contributed by atoms with Crippen LogP contribution in [0.2, 0.25) is 0 Å². The van der Waals surface area contributed by atoms with Gasteiger partial charge in [-0.2, -0.15) is 0 Å². The predicted molar refractivity (Wildman–Crippen MR) is 76.2 cm³/mol. The van der Waals surface area contributed by atoms with Gasteiger partial charge in [0.05, 0.1) is 18.5 Å². The first kappa shape index (κ1) is 15.7. The van der Waals surface area contributed by atoms with Gasteiger partial charge >= 0.3 is 11.9 Å². The number of hydrogen-bond acceptors (Lipinski definition) is 6. The summed E-state index contributed by atoms with van der Waals surface area (Å²) < 4.78 is 37.9. The molecule has 2 aliphatic carbocycles. The maximum Gasteiger partial charge on any atom is 0.302 e. The quantitative estimate of drug-likeness (QED) is 0.739. The molecule has 8 heteroatoms. The number of nitrogens with one attached hydrogen (secondary N) is 1. The Morgan fingerprint density at radius 2 is 1.77 bits per heavy atom. The van der Waals surface area contributed by atoms with E-state index < -0.39 is 26.7 Å². The Morgan fingerprint density at radius 3 is 2.36 bits per heavy atom. The van der Waals surface area contributed by atoms with E-state index in [1.165, 1.54) is 13.8 Å². The van der Waals surface area contributed by atoms with Crippen LogP contribution < -0.4 is 4.72 Å². The highest BCUT2D eigenvalue weighted by Crippen LogP contribution is 2.68. The third-order valence-corrected chi connectivity index (χ3v) is 7.74. The molecule has 0 aromatic heterocycles. The number of rotatable bonds is 4. The van der Waals surface area contributed by atoms with E-state index in [0.717, 1.165) is 0 Å². The fourth-order valence-corrected chi connectivity index (χ4v) is 7.20. The number of esters is 2. The number of carbonyl (C=O) groups is 2. The molecular weight excluding hydrogens is 310 g/mol. The Labute approximate surface area is 129 Å². The molecule has 0 aromatic rings. The molecule has 1 N–H and O–H groups in total. The van der Waals surface area contributed by atoms with Crippen molar-refractivity contribution in [2.45, 2.75) is 44.9 Å². The molecule has 1 aliphatic heterocycles. The van der Waals surface area contributed by atoms with Crippen LogP contribution in [0.1, 0.15) is 33.6 Å². The van der Waals surface area contributed by atoms with Crippen molar-refractivity contribution in [3.8, 4) is 0 Å². The van der Waals surface area contributed by atoms with Gasteiger partial charge in [0.2, 0.25) is 10.0 Å². The van der Waals surface area contributed by atoms with Crippen LogP contribution in [0.25, 0.3) is 0 Å². The first-order valence-electron chi connectivity index (χ1n) is 7.41. The molecule has 0 amide bonds. The van der Waals surface area contributed by atoms with Crippen molar-refractivity contribution < 1.29 is 27.5 Å². The zero-order chi connectivity index (χ0) is 16.3. The number of carbonyl (C=O) groups excluding carboxylic acids is 2. The maximum atomic E-state index is 12.4. The average molecular weight is 331 g/mol. The summed E-state index contributed by atoms with van der Waals surface area (Å²) in [5.41, 5.74) is -0.970. The van der Waals surface area contributed by atoms with Gasteiger partial charge in [-0.1, -0.05) is 6.92 Å². The van der Waals surface area contributed by atoms with Gasteiger partial charge in [0.1, 0.15) is 0 Å². The van der Waals surface area contributed by atoms with Crippen LogP contribution in [-0.4, -0.2) is 44.9 Å². The summed E-state index contributed by atoms with van der Waals surface area (Å²) in [4.78, 5) is 22.3. The van der Waals surface area contributed by atoms with Gasteiger partial charge in [-0.15, -0.1) is 0 Å². The van der Waals surface area contributed by atoms with E-state index in [1.54, 1.807) is 0 Å². The lowest BCUT2D eigenvalue weighted by Crippen LogP contribution is -2.46. The second-order valence-corrected chi connectivity index (χ2v) is 8.85. The summed E-state index contributed by atoms with van der Waals surface area (Å²) in [6.07, 6.45) is 1.03. The normalized spacial score (nSPS) is 44.0. The number of sulfonamides is 1. The van der Waals surface area contributed by atoms with Crippen molar-refractivity contribution in [3.63, 3.8) is 0 Å². The lowest BCUT2D eigenvalue weighted by Gasteiger charge is -2.36. The first-order valence-corrected chi connectivity index (χ1v) is 8.95. The highest BCUT2D eigenvalue weighted by Gasteiger charge is 2.76. The molecule has 3 fully saturated rings. The Hall–Kier alpha value is -1.15. The Balaban J connectivity index is 1.94. The molecule has 2 bridgehead atoms. The summed E-state index contributed by atoms with van der Waals surface area (Å²) in [7, 11) is -3.43. The van der Waals surface area contributed by atoms with E-state index in [4.69, 9.17) is 9.47 Å². The summed E-state index contributed by atoms with van der Waals surface area (Å²) in [6, 6.07) is -0.272. The molecule has 7 nitrogen and oxygen atoms in total. The molecule has 3 rings (SSSR count). The van der Waals surface area contributed by atoms with E-state index in [9.17, 15) is 18.0 Å². The predicted octanol–water partition coefficient (Wildman–Crippen LogP) is 0.199. The minimum absolute atomic E-state index is 0.0240. The third-order valence-electron chi connectivity index (χ3n) is 5.77. The molecule has 1 saturated heterocycles. The summed E-state index contributed by atoms with van der Waals surface area (Å²) in [5, 5.41) is -0.587. The Morgan fingerprint density at radius 1 is 1.18 bits per heavy atom. The van der Waals surface area contributed by atoms with Crippen molar-refractivity contribution in [2.75, 3.05) is 13.2 Å². The van der Waals surface area contributed by atoms with E-state index >= 15 is 0 Å². The third kappa shape index (κ3) is 2.00. The van der Waals surface area contributed by atoms with Gasteiger partial charge in [0, 0.05) is 30.7 Å². The van der Waals surface area contributed by atoms with Crippen LogP contribution in [0.15, 0.2) is 0 Å². The van der Waals surface area contributed by atoms with Crippen LogP contribution in [0, 0.1) is 16.7 Å². The Kier molecular flexibility index (Phi) is 3.34. The second-order valence-electron chi connectivity index (χ2n) is 6.95. The number of hydrogen-bond donors (Lipinski definition) is 1. The molecule has 0 radical (unpaired) electrons. The van der Waals surface area contributed by atoms with Crippen molar-refractivity contribution in [1.29, 1.82) is 0 Å². The van der Waals surface area contributed by atoms with Crippen molar-refractivity contribution in [1.82, 2.24) is 4.72 Å². The minimum Gasteiger partial charge on any atom is -0.465 e. The van der Waals surface area contributed by atoms with Crippen LogP contribution in [-0.2, 0) is 29.1 Å². The van der Waals surface area contributed by atoms with Gasteiger partial charge in [-0.3, -0.25) is 9.59 Å². The largest absolute Gasteiger partial charge is 0.465 e. The fraction of sp³-hybridized carbons (Fsp3) is 0.857. The monoisotopic (exact) mass is 331 g/mol. The van der Waals surface area contributed by atoms with Crippen molar-refractivity contribution >= 4 is 22.0 Å². The first-order chi connectivity index (χ1) is 10.1. The smallest absolute Gasteiger partial charge is 0.302 e. The summed E-state index contributed by atoms with van der Waals surface area (Å²) >= 11 is 0. The van der Waals surface area contributed by atoms with Crippen LogP contribution in [0.3, 0.4) is 0 Å². The van der Waals surface area contributed by atoms with Gasteiger partial charge in [-0.05, 0) is 18.8 Å². The molecule has 0 spiro atoms. The molecular formula is C14H21NO6S. The van der Waals surface area contributed by atoms with Gasteiger partial charge in [0.25, 0.3) is 0 Å². The molecule has 5 atom stereocenters. The number of ether oxygens (including phenoxy) is 2. The van der Waals surface area contributed by atoms with E-state index in [1.807, 2.05) is 6.92 Å². The molecule has 22 heavy (non-hydrogen) atoms. The Bertz CT molecular complexity index is 631. The molecule has 0 aromatic carbocycles. The zero-order valence-electron chi connectivity index (χ0n) is 12.9. The molecule has 124 valence electrons. The van der Waals surface area contributed by atoms with Crippen molar-refractivity contribution in [3.05, 3.63) is 0 Å². The number of fused-ring (bicyclic) bond motifs is 1. The second kappa shape index (κ2) is 4.67. The SMILES string of the molecule is CC(=O)OCC12CC3C(COC(C)=O)(C1)C(NS3(=O)=O)C2C. The van der Waals surface area contributed by atoms with Crippen LogP contribution >= 0.6 is 0 Å². The summed E-state index contributed by atoms with van der Waals surface area (Å²) in [6.45, 7) is 4.96. The maximum absolute atomic E-state index is 12.4.